The molecule has 3 N–H and O–H groups in total. The SMILES string of the molecule is CC.Cc1ccnc(-n2nc(C(N)=O)c3cc(CO)ccc32)c1. The molecule has 6 heteroatoms. The summed E-state index contributed by atoms with van der Waals surface area (Å²) in [6.45, 7) is 5.84. The molecule has 0 saturated heterocycles. The molecule has 0 spiro atoms. The second-order valence-electron chi connectivity index (χ2n) is 4.83. The summed E-state index contributed by atoms with van der Waals surface area (Å²) in [7, 11) is 0. The molecule has 0 bridgehead atoms. The van der Waals surface area contributed by atoms with E-state index in [1.807, 2.05) is 32.9 Å². The zero-order valence-electron chi connectivity index (χ0n) is 13.4. The number of primary amides is 1. The molecule has 0 aliphatic rings. The number of carbonyl (C=O) groups excluding carboxylic acids is 1. The van der Waals surface area contributed by atoms with Crippen molar-refractivity contribution in [3.63, 3.8) is 0 Å². The number of nitrogens with two attached hydrogens (primary N) is 1. The molecule has 0 saturated carbocycles. The van der Waals surface area contributed by atoms with Crippen LogP contribution in [0.5, 0.6) is 0 Å². The van der Waals surface area contributed by atoms with Gasteiger partial charge in [-0.2, -0.15) is 5.10 Å². The summed E-state index contributed by atoms with van der Waals surface area (Å²) >= 11 is 0. The van der Waals surface area contributed by atoms with E-state index < -0.39 is 5.91 Å². The molecule has 3 rings (SSSR count). The molecule has 6 nitrogen and oxygen atoms in total. The zero-order valence-corrected chi connectivity index (χ0v) is 13.4. The Balaban J connectivity index is 0.000000924. The molecule has 3 aromatic rings. The van der Waals surface area contributed by atoms with Crippen molar-refractivity contribution in [3.8, 4) is 5.82 Å². The van der Waals surface area contributed by atoms with Crippen molar-refractivity contribution in [1.29, 1.82) is 0 Å². The number of rotatable bonds is 3. The summed E-state index contributed by atoms with van der Waals surface area (Å²) < 4.78 is 1.59. The van der Waals surface area contributed by atoms with Crippen LogP contribution in [0.4, 0.5) is 0 Å². The van der Waals surface area contributed by atoms with Crippen molar-refractivity contribution in [2.75, 3.05) is 0 Å². The van der Waals surface area contributed by atoms with Gasteiger partial charge in [0.05, 0.1) is 12.1 Å². The number of fused-ring (bicyclic) bond motifs is 1. The Morgan fingerprint density at radius 3 is 2.61 bits per heavy atom. The maximum Gasteiger partial charge on any atom is 0.269 e. The third-order valence-electron chi connectivity index (χ3n) is 3.28. The molecule has 23 heavy (non-hydrogen) atoms. The van der Waals surface area contributed by atoms with E-state index >= 15 is 0 Å². The van der Waals surface area contributed by atoms with Crippen LogP contribution >= 0.6 is 0 Å². The largest absolute Gasteiger partial charge is 0.392 e. The molecule has 0 aliphatic heterocycles. The smallest absolute Gasteiger partial charge is 0.269 e. The number of aliphatic hydroxyl groups is 1. The number of pyridine rings is 1. The van der Waals surface area contributed by atoms with Crippen LogP contribution in [0.25, 0.3) is 16.7 Å². The predicted octanol–water partition coefficient (Wildman–Crippen LogP) is 2.35. The number of aliphatic hydroxyl groups excluding tert-OH is 1. The number of hydrogen-bond acceptors (Lipinski definition) is 4. The predicted molar refractivity (Wildman–Crippen MR) is 89.4 cm³/mol. The highest BCUT2D eigenvalue weighted by Gasteiger charge is 2.16. The summed E-state index contributed by atoms with van der Waals surface area (Å²) in [6, 6.07) is 9.05. The van der Waals surface area contributed by atoms with Crippen LogP contribution in [0.15, 0.2) is 36.5 Å². The first-order chi connectivity index (χ1) is 11.1. The topological polar surface area (TPSA) is 94.0 Å². The van der Waals surface area contributed by atoms with E-state index in [9.17, 15) is 9.90 Å². The minimum absolute atomic E-state index is 0.109. The van der Waals surface area contributed by atoms with E-state index in [2.05, 4.69) is 10.1 Å². The fourth-order valence-electron chi connectivity index (χ4n) is 2.26. The Hall–Kier alpha value is -2.73. The average Bonchev–Trinajstić information content (AvgIpc) is 2.95. The number of amides is 1. The number of carbonyl (C=O) groups is 1. The van der Waals surface area contributed by atoms with Crippen molar-refractivity contribution in [2.45, 2.75) is 27.4 Å². The summed E-state index contributed by atoms with van der Waals surface area (Å²) in [5.74, 6) is 0.00532. The molecular weight excluding hydrogens is 292 g/mol. The normalized spacial score (nSPS) is 10.3. The van der Waals surface area contributed by atoms with Gasteiger partial charge in [-0.1, -0.05) is 19.9 Å². The first-order valence-corrected chi connectivity index (χ1v) is 7.45. The van der Waals surface area contributed by atoms with Crippen LogP contribution in [0.3, 0.4) is 0 Å². The zero-order chi connectivity index (χ0) is 17.0. The molecule has 0 aliphatic carbocycles. The third kappa shape index (κ3) is 3.22. The van der Waals surface area contributed by atoms with Gasteiger partial charge in [-0.3, -0.25) is 4.79 Å². The maximum absolute atomic E-state index is 11.6. The number of aromatic nitrogens is 3. The van der Waals surface area contributed by atoms with Gasteiger partial charge < -0.3 is 10.8 Å². The van der Waals surface area contributed by atoms with E-state index in [-0.39, 0.29) is 12.3 Å². The number of nitrogens with zero attached hydrogens (tertiary/aromatic N) is 3. The first kappa shape index (κ1) is 16.6. The van der Waals surface area contributed by atoms with Crippen LogP contribution in [0.1, 0.15) is 35.5 Å². The van der Waals surface area contributed by atoms with Crippen molar-refractivity contribution in [3.05, 3.63) is 53.3 Å². The fraction of sp³-hybridized carbons (Fsp3) is 0.235. The molecule has 0 radical (unpaired) electrons. The van der Waals surface area contributed by atoms with Gasteiger partial charge >= 0.3 is 0 Å². The lowest BCUT2D eigenvalue weighted by Gasteiger charge is -2.03. The van der Waals surface area contributed by atoms with Gasteiger partial charge in [0.25, 0.3) is 5.91 Å². The summed E-state index contributed by atoms with van der Waals surface area (Å²) in [4.78, 5) is 15.9. The van der Waals surface area contributed by atoms with Crippen molar-refractivity contribution >= 4 is 16.8 Å². The third-order valence-corrected chi connectivity index (χ3v) is 3.28. The second kappa shape index (κ2) is 7.02. The van der Waals surface area contributed by atoms with Gasteiger partial charge in [0.15, 0.2) is 11.5 Å². The fourth-order valence-corrected chi connectivity index (χ4v) is 2.26. The van der Waals surface area contributed by atoms with Crippen LogP contribution in [-0.2, 0) is 6.61 Å². The van der Waals surface area contributed by atoms with E-state index in [0.29, 0.717) is 16.8 Å². The monoisotopic (exact) mass is 312 g/mol. The summed E-state index contributed by atoms with van der Waals surface area (Å²) in [5.41, 5.74) is 8.02. The number of aryl methyl sites for hydroxylation is 1. The first-order valence-electron chi connectivity index (χ1n) is 7.45. The molecule has 0 unspecified atom stereocenters. The van der Waals surface area contributed by atoms with E-state index in [1.165, 1.54) is 0 Å². The molecule has 2 aromatic heterocycles. The second-order valence-corrected chi connectivity index (χ2v) is 4.83. The molecule has 120 valence electrons. The van der Waals surface area contributed by atoms with Gasteiger partial charge in [-0.15, -0.1) is 0 Å². The molecule has 0 atom stereocenters. The Morgan fingerprint density at radius 2 is 2.00 bits per heavy atom. The summed E-state index contributed by atoms with van der Waals surface area (Å²) in [5, 5.41) is 14.1. The lowest BCUT2D eigenvalue weighted by Crippen LogP contribution is -2.12. The average molecular weight is 312 g/mol. The van der Waals surface area contributed by atoms with Crippen LogP contribution in [-0.4, -0.2) is 25.8 Å². The van der Waals surface area contributed by atoms with Crippen LogP contribution in [0, 0.1) is 6.92 Å². The molecule has 2 heterocycles. The molecule has 0 fully saturated rings. The lowest BCUT2D eigenvalue weighted by molar-refractivity contribution is 0.0996. The Bertz CT molecular complexity index is 840. The highest BCUT2D eigenvalue weighted by molar-refractivity contribution is 6.04. The lowest BCUT2D eigenvalue weighted by atomic mass is 10.1. The van der Waals surface area contributed by atoms with Crippen molar-refractivity contribution in [2.24, 2.45) is 5.73 Å². The van der Waals surface area contributed by atoms with Gasteiger partial charge in [-0.05, 0) is 42.3 Å². The quantitative estimate of drug-likeness (QED) is 0.776. The molecule has 1 amide bonds. The van der Waals surface area contributed by atoms with Gasteiger partial charge in [0.2, 0.25) is 0 Å². The Labute approximate surface area is 134 Å². The van der Waals surface area contributed by atoms with Gasteiger partial charge in [0, 0.05) is 11.6 Å². The van der Waals surface area contributed by atoms with Crippen molar-refractivity contribution in [1.82, 2.24) is 14.8 Å². The number of hydrogen-bond donors (Lipinski definition) is 2. The highest BCUT2D eigenvalue weighted by atomic mass is 16.3. The molecular formula is C17H20N4O2. The standard InChI is InChI=1S/C15H14N4O2.C2H6/c1-9-4-5-17-13(6-9)19-12-3-2-10(8-20)7-11(12)14(18-19)15(16)21;1-2/h2-7,20H,8H2,1H3,(H2,16,21);1-2H3. The Kier molecular flexibility index (Phi) is 5.08. The summed E-state index contributed by atoms with van der Waals surface area (Å²) in [6.07, 6.45) is 1.68. The van der Waals surface area contributed by atoms with E-state index in [1.54, 1.807) is 29.1 Å². The highest BCUT2D eigenvalue weighted by Crippen LogP contribution is 2.23. The minimum Gasteiger partial charge on any atom is -0.392 e. The number of benzene rings is 1. The van der Waals surface area contributed by atoms with Gasteiger partial charge in [0.1, 0.15) is 0 Å². The van der Waals surface area contributed by atoms with Crippen LogP contribution in [0.2, 0.25) is 0 Å². The van der Waals surface area contributed by atoms with E-state index in [4.69, 9.17) is 5.73 Å². The van der Waals surface area contributed by atoms with E-state index in [0.717, 1.165) is 11.1 Å². The molecule has 1 aromatic carbocycles. The minimum atomic E-state index is -0.610. The maximum atomic E-state index is 11.6. The van der Waals surface area contributed by atoms with Gasteiger partial charge in [-0.25, -0.2) is 9.67 Å². The van der Waals surface area contributed by atoms with Crippen molar-refractivity contribution < 1.29 is 9.90 Å². The Morgan fingerprint density at radius 1 is 1.26 bits per heavy atom. The van der Waals surface area contributed by atoms with Crippen LogP contribution < -0.4 is 5.73 Å².